The van der Waals surface area contributed by atoms with Gasteiger partial charge < -0.3 is 4.74 Å². The van der Waals surface area contributed by atoms with Crippen molar-refractivity contribution in [1.29, 1.82) is 0 Å². The number of alkyl halides is 2. The maximum Gasteiger partial charge on any atom is 0.291 e. The van der Waals surface area contributed by atoms with Gasteiger partial charge in [-0.2, -0.15) is 8.78 Å². The zero-order valence-corrected chi connectivity index (χ0v) is 14.4. The topological polar surface area (TPSA) is 39.9 Å². The van der Waals surface area contributed by atoms with Crippen molar-refractivity contribution < 1.29 is 17.9 Å². The molecule has 0 aliphatic heterocycles. The predicted molar refractivity (Wildman–Crippen MR) is 90.2 cm³/mol. The highest BCUT2D eigenvalue weighted by Crippen LogP contribution is 2.32. The molecule has 1 heterocycles. The maximum absolute atomic E-state index is 13.4. The van der Waals surface area contributed by atoms with Crippen molar-refractivity contribution in [3.8, 4) is 22.8 Å². The summed E-state index contributed by atoms with van der Waals surface area (Å²) in [6, 6.07) is 10.8. The van der Waals surface area contributed by atoms with Gasteiger partial charge in [0.2, 0.25) is 5.16 Å². The zero-order valence-electron chi connectivity index (χ0n) is 12.8. The lowest BCUT2D eigenvalue weighted by atomic mass is 10.2. The summed E-state index contributed by atoms with van der Waals surface area (Å²) in [6.45, 7) is 0. The average molecular weight is 386 g/mol. The fourth-order valence-electron chi connectivity index (χ4n) is 2.21. The molecule has 130 valence electrons. The molecule has 0 fully saturated rings. The van der Waals surface area contributed by atoms with Gasteiger partial charge in [-0.25, -0.2) is 4.39 Å². The Morgan fingerprint density at radius 2 is 1.84 bits per heavy atom. The van der Waals surface area contributed by atoms with Gasteiger partial charge in [-0.15, -0.1) is 10.2 Å². The molecule has 0 aliphatic carbocycles. The average Bonchev–Trinajstić information content (AvgIpc) is 3.00. The normalized spacial score (nSPS) is 11.1. The van der Waals surface area contributed by atoms with Crippen molar-refractivity contribution in [3.05, 3.63) is 53.3 Å². The number of benzene rings is 2. The molecule has 0 atom stereocenters. The monoisotopic (exact) mass is 385 g/mol. The minimum Gasteiger partial charge on any atom is -0.497 e. The Labute approximate surface area is 150 Å². The van der Waals surface area contributed by atoms with Crippen LogP contribution in [0.2, 0.25) is 5.02 Å². The van der Waals surface area contributed by atoms with E-state index < -0.39 is 11.6 Å². The number of hydrogen-bond acceptors (Lipinski definition) is 4. The SMILES string of the molecule is COc1ccc(-c2nnc(SC(F)F)n2-c2ccc(F)c(Cl)c2)cc1. The third kappa shape index (κ3) is 3.74. The van der Waals surface area contributed by atoms with E-state index in [1.54, 1.807) is 24.3 Å². The number of methoxy groups -OCH3 is 1. The van der Waals surface area contributed by atoms with Crippen molar-refractivity contribution in [2.45, 2.75) is 10.9 Å². The third-order valence-electron chi connectivity index (χ3n) is 3.34. The molecule has 0 amide bonds. The maximum atomic E-state index is 13.4. The van der Waals surface area contributed by atoms with Gasteiger partial charge in [0.05, 0.1) is 17.8 Å². The van der Waals surface area contributed by atoms with Crippen molar-refractivity contribution in [2.75, 3.05) is 7.11 Å². The predicted octanol–water partition coefficient (Wildman–Crippen LogP) is 5.05. The van der Waals surface area contributed by atoms with E-state index in [2.05, 4.69) is 10.2 Å². The van der Waals surface area contributed by atoms with Gasteiger partial charge in [0.15, 0.2) is 5.82 Å². The van der Waals surface area contributed by atoms with Gasteiger partial charge in [-0.3, -0.25) is 4.57 Å². The first kappa shape index (κ1) is 17.6. The summed E-state index contributed by atoms with van der Waals surface area (Å²) in [7, 11) is 1.54. The molecule has 0 aliphatic rings. The second-order valence-electron chi connectivity index (χ2n) is 4.85. The number of aromatic nitrogens is 3. The zero-order chi connectivity index (χ0) is 18.0. The first-order chi connectivity index (χ1) is 12.0. The molecule has 3 rings (SSSR count). The van der Waals surface area contributed by atoms with Crippen LogP contribution >= 0.6 is 23.4 Å². The highest BCUT2D eigenvalue weighted by Gasteiger charge is 2.20. The molecule has 0 spiro atoms. The van der Waals surface area contributed by atoms with Gasteiger partial charge >= 0.3 is 0 Å². The number of ether oxygens (including phenoxy) is 1. The Kier molecular flexibility index (Phi) is 5.19. The van der Waals surface area contributed by atoms with Gasteiger partial charge in [-0.05, 0) is 54.2 Å². The van der Waals surface area contributed by atoms with Crippen molar-refractivity contribution in [2.24, 2.45) is 0 Å². The Hall–Kier alpha value is -2.19. The quantitative estimate of drug-likeness (QED) is 0.576. The van der Waals surface area contributed by atoms with E-state index in [0.717, 1.165) is 6.07 Å². The molecule has 0 bridgehead atoms. The summed E-state index contributed by atoms with van der Waals surface area (Å²) >= 11 is 6.07. The lowest BCUT2D eigenvalue weighted by Gasteiger charge is -2.11. The minimum atomic E-state index is -2.68. The van der Waals surface area contributed by atoms with Gasteiger partial charge in [-0.1, -0.05) is 11.6 Å². The van der Waals surface area contributed by atoms with Crippen molar-refractivity contribution in [3.63, 3.8) is 0 Å². The molecule has 0 radical (unpaired) electrons. The molecule has 0 N–H and O–H groups in total. The molecule has 0 saturated heterocycles. The lowest BCUT2D eigenvalue weighted by molar-refractivity contribution is 0.251. The van der Waals surface area contributed by atoms with Crippen LogP contribution in [0.25, 0.3) is 17.1 Å². The molecule has 2 aromatic carbocycles. The summed E-state index contributed by atoms with van der Waals surface area (Å²) < 4.78 is 45.7. The molecule has 1 aromatic heterocycles. The Balaban J connectivity index is 2.14. The van der Waals surface area contributed by atoms with E-state index in [-0.39, 0.29) is 21.9 Å². The number of hydrogen-bond donors (Lipinski definition) is 0. The van der Waals surface area contributed by atoms with Crippen LogP contribution in [0.5, 0.6) is 5.75 Å². The Morgan fingerprint density at radius 1 is 1.12 bits per heavy atom. The summed E-state index contributed by atoms with van der Waals surface area (Å²) in [5, 5.41) is 7.69. The lowest BCUT2D eigenvalue weighted by Crippen LogP contribution is -2.01. The second-order valence-corrected chi connectivity index (χ2v) is 6.21. The van der Waals surface area contributed by atoms with Crippen LogP contribution in [0, 0.1) is 5.82 Å². The molecular weight excluding hydrogens is 375 g/mol. The highest BCUT2D eigenvalue weighted by atomic mass is 35.5. The summed E-state index contributed by atoms with van der Waals surface area (Å²) in [6.07, 6.45) is 0. The van der Waals surface area contributed by atoms with E-state index in [1.807, 2.05) is 0 Å². The third-order valence-corrected chi connectivity index (χ3v) is 4.28. The standard InChI is InChI=1S/C16H11ClF3N3OS/c1-24-11-5-2-9(3-6-11)14-21-22-16(25-15(19)20)23(14)10-4-7-13(18)12(17)8-10/h2-8,15H,1H3. The number of halogens is 4. The number of thioether (sulfide) groups is 1. The minimum absolute atomic E-state index is 0.0245. The smallest absolute Gasteiger partial charge is 0.291 e. The highest BCUT2D eigenvalue weighted by molar-refractivity contribution is 7.99. The van der Waals surface area contributed by atoms with Crippen molar-refractivity contribution >= 4 is 23.4 Å². The van der Waals surface area contributed by atoms with Crippen LogP contribution in [-0.4, -0.2) is 27.6 Å². The number of rotatable bonds is 5. The number of nitrogens with zero attached hydrogens (tertiary/aromatic N) is 3. The van der Waals surface area contributed by atoms with Gasteiger partial charge in [0.1, 0.15) is 11.6 Å². The van der Waals surface area contributed by atoms with E-state index in [0.29, 0.717) is 22.8 Å². The van der Waals surface area contributed by atoms with Crippen LogP contribution in [-0.2, 0) is 0 Å². The fraction of sp³-hybridized carbons (Fsp3) is 0.125. The summed E-state index contributed by atoms with van der Waals surface area (Å²) in [4.78, 5) is 0. The first-order valence-electron chi connectivity index (χ1n) is 6.99. The molecule has 3 aromatic rings. The first-order valence-corrected chi connectivity index (χ1v) is 8.25. The Bertz CT molecular complexity index is 887. The Morgan fingerprint density at radius 3 is 2.44 bits per heavy atom. The van der Waals surface area contributed by atoms with Crippen molar-refractivity contribution in [1.82, 2.24) is 14.8 Å². The molecule has 25 heavy (non-hydrogen) atoms. The summed E-state index contributed by atoms with van der Waals surface area (Å²) in [5.41, 5.74) is 1.01. The van der Waals surface area contributed by atoms with Crippen LogP contribution in [0.1, 0.15) is 0 Å². The molecule has 4 nitrogen and oxygen atoms in total. The van der Waals surface area contributed by atoms with E-state index in [9.17, 15) is 13.2 Å². The fourth-order valence-corrected chi connectivity index (χ4v) is 2.93. The van der Waals surface area contributed by atoms with Crippen LogP contribution in [0.3, 0.4) is 0 Å². The largest absolute Gasteiger partial charge is 0.497 e. The van der Waals surface area contributed by atoms with E-state index in [4.69, 9.17) is 16.3 Å². The van der Waals surface area contributed by atoms with E-state index >= 15 is 0 Å². The summed E-state index contributed by atoms with van der Waals surface area (Å²) in [5.74, 6) is -2.31. The molecule has 0 saturated carbocycles. The van der Waals surface area contributed by atoms with Gasteiger partial charge in [0, 0.05) is 5.56 Å². The van der Waals surface area contributed by atoms with Crippen LogP contribution in [0.15, 0.2) is 47.6 Å². The van der Waals surface area contributed by atoms with Crippen LogP contribution < -0.4 is 4.74 Å². The van der Waals surface area contributed by atoms with E-state index in [1.165, 1.54) is 23.8 Å². The molecule has 9 heteroatoms. The second kappa shape index (κ2) is 7.37. The van der Waals surface area contributed by atoms with Crippen LogP contribution in [0.4, 0.5) is 13.2 Å². The van der Waals surface area contributed by atoms with Gasteiger partial charge in [0.25, 0.3) is 5.76 Å². The molecular formula is C16H11ClF3N3OS. The molecule has 0 unspecified atom stereocenters.